The molecule has 0 spiro atoms. The molecular weight excluding hydrogens is 548 g/mol. The Kier molecular flexibility index (Phi) is 8.24. The second-order valence-electron chi connectivity index (χ2n) is 11.2. The van der Waals surface area contributed by atoms with Crippen LogP contribution in [0.1, 0.15) is 49.1 Å². The number of hydrogen-bond acceptors (Lipinski definition) is 5. The first-order valence-electron chi connectivity index (χ1n) is 13.6. The number of benzene rings is 2. The zero-order chi connectivity index (χ0) is 28.7. The molecule has 5 atom stereocenters. The highest BCUT2D eigenvalue weighted by molar-refractivity contribution is 7.89. The second kappa shape index (κ2) is 11.4. The number of anilines is 1. The van der Waals surface area contributed by atoms with E-state index in [-0.39, 0.29) is 35.5 Å². The van der Waals surface area contributed by atoms with Crippen molar-refractivity contribution in [3.63, 3.8) is 0 Å². The summed E-state index contributed by atoms with van der Waals surface area (Å²) in [6.45, 7) is 0.837. The molecule has 5 unspecified atom stereocenters. The number of amides is 1. The number of carbonyl (C=O) groups excluding carboxylic acids is 1. The van der Waals surface area contributed by atoms with Gasteiger partial charge in [-0.3, -0.25) is 4.79 Å². The minimum atomic E-state index is -3.41. The van der Waals surface area contributed by atoms with Gasteiger partial charge in [-0.05, 0) is 61.4 Å². The Bertz CT molecular complexity index is 1330. The van der Waals surface area contributed by atoms with Crippen LogP contribution in [0.25, 0.3) is 0 Å². The lowest BCUT2D eigenvalue weighted by molar-refractivity contribution is -0.128. The molecule has 2 saturated heterocycles. The van der Waals surface area contributed by atoms with Crippen LogP contribution in [-0.2, 0) is 21.2 Å². The van der Waals surface area contributed by atoms with Gasteiger partial charge in [0.2, 0.25) is 21.9 Å². The van der Waals surface area contributed by atoms with Crippen molar-refractivity contribution in [3.05, 3.63) is 65.2 Å². The van der Waals surface area contributed by atoms with Gasteiger partial charge in [-0.25, -0.2) is 26.0 Å². The van der Waals surface area contributed by atoms with E-state index in [2.05, 4.69) is 10.6 Å². The fourth-order valence-electron chi connectivity index (χ4n) is 6.28. The van der Waals surface area contributed by atoms with Crippen molar-refractivity contribution in [2.45, 2.75) is 68.5 Å². The molecule has 218 valence electrons. The smallest absolute Gasteiger partial charge is 0.248 e. The predicted molar refractivity (Wildman–Crippen MR) is 143 cm³/mol. The van der Waals surface area contributed by atoms with Crippen LogP contribution in [0.2, 0.25) is 0 Å². The number of nitrogens with one attached hydrogen (secondary N) is 2. The molecule has 4 N–H and O–H groups in total. The highest BCUT2D eigenvalue weighted by Crippen LogP contribution is 2.50. The molecule has 2 heterocycles. The molecule has 1 saturated carbocycles. The lowest BCUT2D eigenvalue weighted by Crippen LogP contribution is -2.57. The van der Waals surface area contributed by atoms with Crippen LogP contribution in [0.5, 0.6) is 0 Å². The van der Waals surface area contributed by atoms with E-state index in [1.54, 1.807) is 0 Å². The van der Waals surface area contributed by atoms with Crippen molar-refractivity contribution in [1.82, 2.24) is 9.62 Å². The molecule has 5 rings (SSSR count). The molecule has 3 fully saturated rings. The number of alkyl halides is 2. The number of piperazine rings is 1. The summed E-state index contributed by atoms with van der Waals surface area (Å²) in [4.78, 5) is 13.3. The molecule has 2 bridgehead atoms. The Hall–Kier alpha value is -2.54. The van der Waals surface area contributed by atoms with Gasteiger partial charge < -0.3 is 16.4 Å². The number of rotatable bonds is 8. The monoisotopic (exact) mass is 582 g/mol. The number of hydrogen-bond donors (Lipinski definition) is 3. The summed E-state index contributed by atoms with van der Waals surface area (Å²) in [7, 11) is -3.41. The SMILES string of the molecule is NC(C(=O)Nc1cccc(F)c1CCC1CNC2CCCS(=O)(=O)N1C2)C(c1ccc(F)cc1)C1CC(F)(F)C1. The van der Waals surface area contributed by atoms with Gasteiger partial charge in [0, 0.05) is 55.2 Å². The number of carbonyl (C=O) groups is 1. The fourth-order valence-corrected chi connectivity index (χ4v) is 8.09. The Morgan fingerprint density at radius 2 is 1.88 bits per heavy atom. The summed E-state index contributed by atoms with van der Waals surface area (Å²) in [6.07, 6.45) is 1.00. The molecule has 1 aliphatic carbocycles. The number of halogens is 4. The fraction of sp³-hybridized carbons (Fsp3) is 0.536. The molecule has 7 nitrogen and oxygen atoms in total. The van der Waals surface area contributed by atoms with Crippen LogP contribution < -0.4 is 16.4 Å². The summed E-state index contributed by atoms with van der Waals surface area (Å²) in [6, 6.07) is 8.01. The van der Waals surface area contributed by atoms with Gasteiger partial charge in [0.15, 0.2) is 0 Å². The maximum atomic E-state index is 15.0. The molecule has 0 radical (unpaired) electrons. The Morgan fingerprint density at radius 1 is 1.15 bits per heavy atom. The van der Waals surface area contributed by atoms with Crippen LogP contribution >= 0.6 is 0 Å². The van der Waals surface area contributed by atoms with Crippen LogP contribution in [0.15, 0.2) is 42.5 Å². The molecule has 3 aliphatic rings. The zero-order valence-corrected chi connectivity index (χ0v) is 22.8. The molecule has 2 aliphatic heterocycles. The van der Waals surface area contributed by atoms with Crippen molar-refractivity contribution in [1.29, 1.82) is 0 Å². The van der Waals surface area contributed by atoms with Gasteiger partial charge in [-0.1, -0.05) is 18.2 Å². The van der Waals surface area contributed by atoms with Gasteiger partial charge in [-0.2, -0.15) is 4.31 Å². The third-order valence-electron chi connectivity index (χ3n) is 8.44. The van der Waals surface area contributed by atoms with Crippen molar-refractivity contribution in [2.24, 2.45) is 11.7 Å². The van der Waals surface area contributed by atoms with E-state index in [9.17, 15) is 26.4 Å². The lowest BCUT2D eigenvalue weighted by atomic mass is 9.68. The first kappa shape index (κ1) is 29.0. The van der Waals surface area contributed by atoms with Crippen molar-refractivity contribution in [2.75, 3.05) is 24.2 Å². The molecular formula is C28H34F4N4O3S. The van der Waals surface area contributed by atoms with Crippen LogP contribution in [0, 0.1) is 17.6 Å². The van der Waals surface area contributed by atoms with Crippen molar-refractivity contribution >= 4 is 21.6 Å². The van der Waals surface area contributed by atoms with E-state index in [4.69, 9.17) is 5.73 Å². The number of fused-ring (bicyclic) bond motifs is 2. The third kappa shape index (κ3) is 6.19. The van der Waals surface area contributed by atoms with Crippen molar-refractivity contribution < 1.29 is 30.8 Å². The van der Waals surface area contributed by atoms with Gasteiger partial charge in [0.05, 0.1) is 11.8 Å². The molecule has 2 aromatic rings. The summed E-state index contributed by atoms with van der Waals surface area (Å²) in [5.74, 6) is -5.85. The summed E-state index contributed by atoms with van der Waals surface area (Å²) in [5, 5.41) is 6.07. The average molecular weight is 583 g/mol. The topological polar surface area (TPSA) is 105 Å². The van der Waals surface area contributed by atoms with E-state index in [1.807, 2.05) is 0 Å². The van der Waals surface area contributed by atoms with Gasteiger partial charge in [-0.15, -0.1) is 0 Å². The Labute approximate surface area is 231 Å². The zero-order valence-electron chi connectivity index (χ0n) is 22.0. The van der Waals surface area contributed by atoms with Gasteiger partial charge >= 0.3 is 0 Å². The standard InChI is InChI=1S/C28H34F4N4O3S/c29-19-8-6-17(7-9-19)25(18-13-28(31,32)14-18)26(33)27(37)35-24-5-1-4-23(30)22(24)11-10-21-15-34-20-3-2-12-40(38,39)36(21)16-20/h1,4-9,18,20-21,25-26,34H,2-3,10-16,33H2,(H,35,37). The maximum absolute atomic E-state index is 15.0. The van der Waals surface area contributed by atoms with Crippen LogP contribution in [0.3, 0.4) is 0 Å². The summed E-state index contributed by atoms with van der Waals surface area (Å²) < 4.78 is 83.1. The lowest BCUT2D eigenvalue weighted by Gasteiger charge is -2.42. The minimum absolute atomic E-state index is 0.0860. The van der Waals surface area contributed by atoms with E-state index >= 15 is 4.39 Å². The first-order chi connectivity index (χ1) is 18.9. The van der Waals surface area contributed by atoms with Crippen LogP contribution in [0.4, 0.5) is 23.2 Å². The number of nitrogens with zero attached hydrogens (tertiary/aromatic N) is 1. The molecule has 40 heavy (non-hydrogen) atoms. The quantitative estimate of drug-likeness (QED) is 0.412. The van der Waals surface area contributed by atoms with Gasteiger partial charge in [0.1, 0.15) is 11.6 Å². The maximum Gasteiger partial charge on any atom is 0.248 e. The predicted octanol–water partition coefficient (Wildman–Crippen LogP) is 3.76. The van der Waals surface area contributed by atoms with E-state index in [1.165, 1.54) is 46.8 Å². The van der Waals surface area contributed by atoms with E-state index in [0.29, 0.717) is 31.5 Å². The second-order valence-corrected chi connectivity index (χ2v) is 13.2. The average Bonchev–Trinajstić information content (AvgIpc) is 3.00. The third-order valence-corrected chi connectivity index (χ3v) is 10.4. The molecule has 1 amide bonds. The van der Waals surface area contributed by atoms with E-state index in [0.717, 1.165) is 6.42 Å². The number of sulfonamides is 1. The summed E-state index contributed by atoms with van der Waals surface area (Å²) in [5.41, 5.74) is 7.22. The first-order valence-corrected chi connectivity index (χ1v) is 15.2. The van der Waals surface area contributed by atoms with Crippen LogP contribution in [-0.4, -0.2) is 61.5 Å². The van der Waals surface area contributed by atoms with E-state index < -0.39 is 64.2 Å². The highest BCUT2D eigenvalue weighted by atomic mass is 32.2. The Morgan fingerprint density at radius 3 is 2.58 bits per heavy atom. The Balaban J connectivity index is 1.32. The highest BCUT2D eigenvalue weighted by Gasteiger charge is 2.51. The molecule has 12 heteroatoms. The largest absolute Gasteiger partial charge is 0.324 e. The van der Waals surface area contributed by atoms with Gasteiger partial charge in [0.25, 0.3) is 0 Å². The summed E-state index contributed by atoms with van der Waals surface area (Å²) >= 11 is 0. The number of nitrogens with two attached hydrogens (primary N) is 1. The minimum Gasteiger partial charge on any atom is -0.324 e. The molecule has 2 aromatic carbocycles. The van der Waals surface area contributed by atoms with Crippen molar-refractivity contribution in [3.8, 4) is 0 Å². The molecule has 0 aromatic heterocycles. The normalized spacial score (nSPS) is 27.2.